The normalized spacial score (nSPS) is 15.6. The number of aliphatic hydroxyl groups is 2. The summed E-state index contributed by atoms with van der Waals surface area (Å²) in [4.78, 5) is 26.1. The van der Waals surface area contributed by atoms with Crippen LogP contribution in [0.2, 0.25) is 0 Å². The molecule has 1 unspecified atom stereocenters. The highest BCUT2D eigenvalue weighted by molar-refractivity contribution is 14.1. The quantitative estimate of drug-likeness (QED) is 0.562. The standard InChI is InChI=1S/C20H21IN2O4/c21-16-7-3-4-13(10-16)11-22-19(26)17(24)18(25)20(27)23-9-8-14-5-1-2-6-15(14)12-23/h1-7,10,17-18,24-25H,8-9,11-12H2,(H,22,26)/t17-,18?/m1/s1. The molecule has 0 spiro atoms. The molecule has 0 bridgehead atoms. The average molecular weight is 480 g/mol. The first-order valence-electron chi connectivity index (χ1n) is 8.69. The van der Waals surface area contributed by atoms with Crippen LogP contribution in [0.5, 0.6) is 0 Å². The summed E-state index contributed by atoms with van der Waals surface area (Å²) in [5.74, 6) is -1.41. The van der Waals surface area contributed by atoms with Crippen molar-refractivity contribution in [1.29, 1.82) is 0 Å². The summed E-state index contributed by atoms with van der Waals surface area (Å²) in [5, 5.41) is 22.9. The molecule has 0 aromatic heterocycles. The van der Waals surface area contributed by atoms with Crippen LogP contribution in [-0.4, -0.2) is 45.7 Å². The lowest BCUT2D eigenvalue weighted by atomic mass is 9.99. The van der Waals surface area contributed by atoms with Gasteiger partial charge in [0.15, 0.2) is 12.2 Å². The molecule has 0 saturated carbocycles. The number of nitrogens with one attached hydrogen (secondary N) is 1. The maximum Gasteiger partial charge on any atom is 0.255 e. The van der Waals surface area contributed by atoms with Crippen molar-refractivity contribution < 1.29 is 19.8 Å². The van der Waals surface area contributed by atoms with Crippen molar-refractivity contribution in [3.05, 3.63) is 68.8 Å². The Morgan fingerprint density at radius 2 is 1.81 bits per heavy atom. The zero-order chi connectivity index (χ0) is 19.4. The van der Waals surface area contributed by atoms with E-state index in [1.807, 2.05) is 48.5 Å². The zero-order valence-electron chi connectivity index (χ0n) is 14.6. The molecule has 1 aliphatic heterocycles. The molecule has 2 aromatic rings. The van der Waals surface area contributed by atoms with Crippen molar-refractivity contribution in [1.82, 2.24) is 10.2 Å². The van der Waals surface area contributed by atoms with Crippen LogP contribution in [0.3, 0.4) is 0 Å². The third-order valence-electron chi connectivity index (χ3n) is 4.62. The zero-order valence-corrected chi connectivity index (χ0v) is 16.8. The van der Waals surface area contributed by atoms with Crippen molar-refractivity contribution in [2.75, 3.05) is 6.54 Å². The second-order valence-electron chi connectivity index (χ2n) is 6.52. The Hall–Kier alpha value is -1.97. The van der Waals surface area contributed by atoms with E-state index in [9.17, 15) is 19.8 Å². The number of nitrogens with zero attached hydrogens (tertiary/aromatic N) is 1. The van der Waals surface area contributed by atoms with Crippen LogP contribution in [0.1, 0.15) is 16.7 Å². The second-order valence-corrected chi connectivity index (χ2v) is 7.76. The monoisotopic (exact) mass is 480 g/mol. The average Bonchev–Trinajstić information content (AvgIpc) is 2.70. The van der Waals surface area contributed by atoms with Crippen LogP contribution in [0, 0.1) is 3.57 Å². The summed E-state index contributed by atoms with van der Waals surface area (Å²) in [7, 11) is 0. The number of halogens is 1. The van der Waals surface area contributed by atoms with E-state index >= 15 is 0 Å². The van der Waals surface area contributed by atoms with Gasteiger partial charge in [0.2, 0.25) is 0 Å². The van der Waals surface area contributed by atoms with Gasteiger partial charge >= 0.3 is 0 Å². The summed E-state index contributed by atoms with van der Waals surface area (Å²) in [5.41, 5.74) is 3.06. The molecule has 1 aliphatic rings. The van der Waals surface area contributed by atoms with Crippen LogP contribution >= 0.6 is 22.6 Å². The van der Waals surface area contributed by atoms with Gasteiger partial charge in [0.05, 0.1) is 0 Å². The van der Waals surface area contributed by atoms with E-state index in [0.717, 1.165) is 14.7 Å². The lowest BCUT2D eigenvalue weighted by molar-refractivity contribution is -0.153. The number of benzene rings is 2. The minimum Gasteiger partial charge on any atom is -0.380 e. The maximum atomic E-state index is 12.5. The van der Waals surface area contributed by atoms with Crippen molar-refractivity contribution in [2.24, 2.45) is 0 Å². The summed E-state index contributed by atoms with van der Waals surface area (Å²) < 4.78 is 1.03. The van der Waals surface area contributed by atoms with E-state index in [-0.39, 0.29) is 6.54 Å². The molecule has 0 radical (unpaired) electrons. The molecule has 0 fully saturated rings. The first kappa shape index (κ1) is 19.8. The number of fused-ring (bicyclic) bond motifs is 1. The van der Waals surface area contributed by atoms with Crippen LogP contribution < -0.4 is 5.32 Å². The molecule has 6 nitrogen and oxygen atoms in total. The van der Waals surface area contributed by atoms with Crippen molar-refractivity contribution in [3.8, 4) is 0 Å². The third-order valence-corrected chi connectivity index (χ3v) is 5.29. The predicted molar refractivity (Wildman–Crippen MR) is 109 cm³/mol. The van der Waals surface area contributed by atoms with Gasteiger partial charge in [-0.1, -0.05) is 36.4 Å². The Bertz CT molecular complexity index is 842. The van der Waals surface area contributed by atoms with Crippen molar-refractivity contribution in [2.45, 2.75) is 31.7 Å². The van der Waals surface area contributed by atoms with E-state index in [1.54, 1.807) is 0 Å². The van der Waals surface area contributed by atoms with Gasteiger partial charge in [-0.05, 0) is 57.8 Å². The highest BCUT2D eigenvalue weighted by atomic mass is 127. The van der Waals surface area contributed by atoms with Gasteiger partial charge in [0, 0.05) is 23.2 Å². The Balaban J connectivity index is 1.57. The van der Waals surface area contributed by atoms with E-state index in [4.69, 9.17) is 0 Å². The molecule has 3 N–H and O–H groups in total. The van der Waals surface area contributed by atoms with E-state index < -0.39 is 24.0 Å². The van der Waals surface area contributed by atoms with Gasteiger partial charge < -0.3 is 20.4 Å². The number of hydrogen-bond donors (Lipinski definition) is 3. The number of aliphatic hydroxyl groups excluding tert-OH is 2. The minimum absolute atomic E-state index is 0.213. The molecular weight excluding hydrogens is 459 g/mol. The lowest BCUT2D eigenvalue weighted by Crippen LogP contribution is -2.51. The molecule has 27 heavy (non-hydrogen) atoms. The summed E-state index contributed by atoms with van der Waals surface area (Å²) in [6.45, 7) is 1.03. The summed E-state index contributed by atoms with van der Waals surface area (Å²) in [6.07, 6.45) is -2.91. The van der Waals surface area contributed by atoms with Gasteiger partial charge in [-0.15, -0.1) is 0 Å². The van der Waals surface area contributed by atoms with Crippen LogP contribution in [0.25, 0.3) is 0 Å². The fourth-order valence-corrected chi connectivity index (χ4v) is 3.70. The van der Waals surface area contributed by atoms with E-state index in [2.05, 4.69) is 27.9 Å². The van der Waals surface area contributed by atoms with Crippen molar-refractivity contribution in [3.63, 3.8) is 0 Å². The molecule has 7 heteroatoms. The smallest absolute Gasteiger partial charge is 0.255 e. The summed E-state index contributed by atoms with van der Waals surface area (Å²) in [6, 6.07) is 15.4. The Morgan fingerprint density at radius 1 is 1.07 bits per heavy atom. The molecule has 2 amide bonds. The number of hydrogen-bond acceptors (Lipinski definition) is 4. The summed E-state index contributed by atoms with van der Waals surface area (Å²) >= 11 is 2.17. The highest BCUT2D eigenvalue weighted by Crippen LogP contribution is 2.19. The third kappa shape index (κ3) is 4.85. The predicted octanol–water partition coefficient (Wildman–Crippen LogP) is 1.21. The Morgan fingerprint density at radius 3 is 2.56 bits per heavy atom. The maximum absolute atomic E-state index is 12.5. The fourth-order valence-electron chi connectivity index (χ4n) is 3.09. The highest BCUT2D eigenvalue weighted by Gasteiger charge is 2.34. The van der Waals surface area contributed by atoms with Gasteiger partial charge in [-0.2, -0.15) is 0 Å². The second kappa shape index (κ2) is 8.81. The molecule has 2 atom stereocenters. The van der Waals surface area contributed by atoms with Gasteiger partial charge in [0.25, 0.3) is 11.8 Å². The Labute approximate surface area is 171 Å². The lowest BCUT2D eigenvalue weighted by Gasteiger charge is -2.31. The molecule has 0 saturated heterocycles. The molecular formula is C20H21IN2O4. The molecule has 1 heterocycles. The number of carbonyl (C=O) groups excluding carboxylic acids is 2. The number of amides is 2. The van der Waals surface area contributed by atoms with Crippen LogP contribution in [-0.2, 0) is 29.1 Å². The molecule has 142 valence electrons. The molecule has 3 rings (SSSR count). The SMILES string of the molecule is O=C(NCc1cccc(I)c1)[C@H](O)C(O)C(=O)N1CCc2ccccc2C1. The molecule has 2 aromatic carbocycles. The molecule has 0 aliphatic carbocycles. The first-order chi connectivity index (χ1) is 13.0. The van der Waals surface area contributed by atoms with Gasteiger partial charge in [-0.3, -0.25) is 9.59 Å². The van der Waals surface area contributed by atoms with Crippen LogP contribution in [0.4, 0.5) is 0 Å². The fraction of sp³-hybridized carbons (Fsp3) is 0.300. The minimum atomic E-state index is -1.81. The van der Waals surface area contributed by atoms with Gasteiger partial charge in [0.1, 0.15) is 0 Å². The van der Waals surface area contributed by atoms with Crippen molar-refractivity contribution >= 4 is 34.4 Å². The largest absolute Gasteiger partial charge is 0.380 e. The Kier molecular flexibility index (Phi) is 6.46. The first-order valence-corrected chi connectivity index (χ1v) is 9.77. The van der Waals surface area contributed by atoms with E-state index in [0.29, 0.717) is 19.5 Å². The van der Waals surface area contributed by atoms with E-state index in [1.165, 1.54) is 10.5 Å². The topological polar surface area (TPSA) is 89.9 Å². The number of carbonyl (C=O) groups is 2. The van der Waals surface area contributed by atoms with Gasteiger partial charge in [-0.25, -0.2) is 0 Å². The number of rotatable bonds is 5. The van der Waals surface area contributed by atoms with Crippen LogP contribution in [0.15, 0.2) is 48.5 Å².